The van der Waals surface area contributed by atoms with Crippen LogP contribution in [0.2, 0.25) is 0 Å². The first-order valence-corrected chi connectivity index (χ1v) is 10.7. The number of methoxy groups -OCH3 is 1. The lowest BCUT2D eigenvalue weighted by molar-refractivity contribution is -0.235. The summed E-state index contributed by atoms with van der Waals surface area (Å²) in [5, 5.41) is 12.1. The molecule has 6 heteroatoms. The first-order valence-electron chi connectivity index (χ1n) is 10.2. The Morgan fingerprint density at radius 1 is 1.13 bits per heavy atom. The second-order valence-corrected chi connectivity index (χ2v) is 10.6. The number of hydrogen-bond acceptors (Lipinski definition) is 5. The van der Waals surface area contributed by atoms with E-state index < -0.39 is 16.1 Å². The normalized spacial score (nSPS) is 24.4. The molecule has 1 heterocycles. The van der Waals surface area contributed by atoms with Crippen LogP contribution in [0.5, 0.6) is 5.75 Å². The van der Waals surface area contributed by atoms with E-state index in [9.17, 15) is 9.90 Å². The Morgan fingerprint density at radius 2 is 1.73 bits per heavy atom. The molecule has 164 valence electrons. The molecule has 1 aliphatic heterocycles. The minimum atomic E-state index is -1.04. The van der Waals surface area contributed by atoms with Gasteiger partial charge in [-0.3, -0.25) is 4.79 Å². The summed E-state index contributed by atoms with van der Waals surface area (Å²) in [4.78, 5) is 12.3. The summed E-state index contributed by atoms with van der Waals surface area (Å²) < 4.78 is 16.6. The predicted octanol–water partition coefficient (Wildman–Crippen LogP) is 5.06. The highest BCUT2D eigenvalue weighted by atomic mass is 32.1. The third-order valence-corrected chi connectivity index (χ3v) is 6.44. The number of carboxylic acids is 1. The number of carbonyl (C=O) groups is 1. The zero-order chi connectivity index (χ0) is 22.2. The molecular weight excluding hydrogens is 400 g/mol. The van der Waals surface area contributed by atoms with Crippen LogP contribution < -0.4 is 4.74 Å². The molecule has 0 radical (unpaired) electrons. The lowest BCUT2D eigenvalue weighted by Crippen LogP contribution is -2.48. The van der Waals surface area contributed by atoms with E-state index in [1.807, 2.05) is 36.4 Å². The second-order valence-electron chi connectivity index (χ2n) is 9.61. The number of aliphatic carboxylic acids is 1. The highest BCUT2D eigenvalue weighted by Crippen LogP contribution is 2.39. The van der Waals surface area contributed by atoms with Gasteiger partial charge in [0.05, 0.1) is 30.5 Å². The quantitative estimate of drug-likeness (QED) is 0.625. The van der Waals surface area contributed by atoms with Crippen LogP contribution in [0.3, 0.4) is 0 Å². The zero-order valence-corrected chi connectivity index (χ0v) is 19.3. The lowest BCUT2D eigenvalue weighted by Gasteiger charge is -2.42. The Balaban J connectivity index is 1.78. The molecule has 2 aromatic rings. The number of rotatable bonds is 6. The summed E-state index contributed by atoms with van der Waals surface area (Å²) in [6.45, 7) is 8.86. The molecule has 0 bridgehead atoms. The Bertz CT molecular complexity index is 911. The summed E-state index contributed by atoms with van der Waals surface area (Å²) in [6.07, 6.45) is 0.720. The van der Waals surface area contributed by atoms with E-state index in [1.54, 1.807) is 14.0 Å². The van der Waals surface area contributed by atoms with Crippen molar-refractivity contribution in [3.63, 3.8) is 0 Å². The molecule has 2 aromatic carbocycles. The molecule has 1 aliphatic rings. The van der Waals surface area contributed by atoms with Crippen LogP contribution in [0.1, 0.15) is 46.1 Å². The summed E-state index contributed by atoms with van der Waals surface area (Å²) in [5.41, 5.74) is -0.377. The van der Waals surface area contributed by atoms with Crippen molar-refractivity contribution in [3.8, 4) is 5.75 Å². The van der Waals surface area contributed by atoms with Crippen molar-refractivity contribution in [2.75, 3.05) is 20.3 Å². The van der Waals surface area contributed by atoms with E-state index in [-0.39, 0.29) is 11.7 Å². The maximum absolute atomic E-state index is 12.3. The number of fused-ring (bicyclic) bond motifs is 1. The molecule has 1 fully saturated rings. The topological polar surface area (TPSA) is 65.0 Å². The van der Waals surface area contributed by atoms with Crippen LogP contribution in [0.25, 0.3) is 10.8 Å². The SMILES string of the molecule is COc1ccc2cc([C@](C)(CCC3(S)COC(C(C)(C)C)OC3)C(=O)O)ccc2c1. The van der Waals surface area contributed by atoms with Crippen molar-refractivity contribution in [1.82, 2.24) is 0 Å². The first-order chi connectivity index (χ1) is 14.0. The molecule has 3 rings (SSSR count). The van der Waals surface area contributed by atoms with Crippen LogP contribution in [0, 0.1) is 5.41 Å². The third kappa shape index (κ3) is 4.76. The molecule has 1 N–H and O–H groups in total. The van der Waals surface area contributed by atoms with Gasteiger partial charge >= 0.3 is 5.97 Å². The summed E-state index contributed by atoms with van der Waals surface area (Å²) >= 11 is 4.80. The molecule has 5 nitrogen and oxygen atoms in total. The molecule has 0 amide bonds. The van der Waals surface area contributed by atoms with Crippen molar-refractivity contribution in [1.29, 1.82) is 0 Å². The van der Waals surface area contributed by atoms with Gasteiger partial charge in [0.1, 0.15) is 5.75 Å². The van der Waals surface area contributed by atoms with Crippen LogP contribution in [0.15, 0.2) is 36.4 Å². The van der Waals surface area contributed by atoms with Crippen molar-refractivity contribution in [3.05, 3.63) is 42.0 Å². The number of benzene rings is 2. The molecule has 30 heavy (non-hydrogen) atoms. The van der Waals surface area contributed by atoms with Gasteiger partial charge in [0, 0.05) is 5.41 Å². The van der Waals surface area contributed by atoms with Gasteiger partial charge in [-0.1, -0.05) is 45.0 Å². The molecule has 1 saturated heterocycles. The average Bonchev–Trinajstić information content (AvgIpc) is 2.70. The number of ether oxygens (including phenoxy) is 3. The molecule has 0 saturated carbocycles. The van der Waals surface area contributed by atoms with Crippen LogP contribution in [-0.2, 0) is 19.7 Å². The fourth-order valence-corrected chi connectivity index (χ4v) is 4.01. The van der Waals surface area contributed by atoms with E-state index >= 15 is 0 Å². The minimum Gasteiger partial charge on any atom is -0.497 e. The van der Waals surface area contributed by atoms with Gasteiger partial charge in [0.15, 0.2) is 6.29 Å². The lowest BCUT2D eigenvalue weighted by atomic mass is 9.76. The number of carboxylic acid groups (broad SMARTS) is 1. The fourth-order valence-electron chi connectivity index (χ4n) is 3.75. The van der Waals surface area contributed by atoms with Crippen molar-refractivity contribution in [2.24, 2.45) is 5.41 Å². The predicted molar refractivity (Wildman–Crippen MR) is 122 cm³/mol. The monoisotopic (exact) mass is 432 g/mol. The number of hydrogen-bond donors (Lipinski definition) is 2. The van der Waals surface area contributed by atoms with Gasteiger partial charge in [0.25, 0.3) is 0 Å². The molecule has 0 aromatic heterocycles. The van der Waals surface area contributed by atoms with Crippen LogP contribution >= 0.6 is 12.6 Å². The van der Waals surface area contributed by atoms with Crippen molar-refractivity contribution < 1.29 is 24.1 Å². The van der Waals surface area contributed by atoms with E-state index in [1.165, 1.54) is 0 Å². The summed E-state index contributed by atoms with van der Waals surface area (Å²) in [7, 11) is 1.63. The molecular formula is C24H32O5S. The highest BCUT2D eigenvalue weighted by molar-refractivity contribution is 7.81. The maximum atomic E-state index is 12.3. The standard InChI is InChI=1S/C24H32O5S/c1-22(2,3)21-28-14-24(30,15-29-21)11-10-23(4,20(25)26)18-8-6-17-13-19(27-5)9-7-16(17)12-18/h6-9,12-13,21,30H,10-11,14-15H2,1-5H3,(H,25,26)/t21?,23-,24?/m0/s1. The smallest absolute Gasteiger partial charge is 0.313 e. The largest absolute Gasteiger partial charge is 0.497 e. The molecule has 0 aliphatic carbocycles. The van der Waals surface area contributed by atoms with Gasteiger partial charge < -0.3 is 19.3 Å². The van der Waals surface area contributed by atoms with E-state index in [0.717, 1.165) is 22.1 Å². The minimum absolute atomic E-state index is 0.113. The molecule has 1 atom stereocenters. The molecule has 0 spiro atoms. The maximum Gasteiger partial charge on any atom is 0.313 e. The van der Waals surface area contributed by atoms with E-state index in [0.29, 0.717) is 26.1 Å². The summed E-state index contributed by atoms with van der Waals surface area (Å²) in [5.74, 6) is -0.0726. The van der Waals surface area contributed by atoms with E-state index in [4.69, 9.17) is 26.8 Å². The first kappa shape index (κ1) is 22.9. The Morgan fingerprint density at radius 3 is 2.30 bits per heavy atom. The Labute approximate surface area is 184 Å². The average molecular weight is 433 g/mol. The number of thiol groups is 1. The summed E-state index contributed by atoms with van der Waals surface area (Å²) in [6, 6.07) is 11.6. The van der Waals surface area contributed by atoms with Crippen molar-refractivity contribution in [2.45, 2.75) is 57.0 Å². The van der Waals surface area contributed by atoms with Gasteiger partial charge in [-0.05, 0) is 48.2 Å². The molecule has 0 unspecified atom stereocenters. The third-order valence-electron chi connectivity index (χ3n) is 5.96. The zero-order valence-electron chi connectivity index (χ0n) is 18.4. The van der Waals surface area contributed by atoms with Gasteiger partial charge in [-0.2, -0.15) is 12.6 Å². The second kappa shape index (κ2) is 8.40. The van der Waals surface area contributed by atoms with Gasteiger partial charge in [-0.25, -0.2) is 0 Å². The Hall–Kier alpha value is -1.76. The highest BCUT2D eigenvalue weighted by Gasteiger charge is 2.42. The van der Waals surface area contributed by atoms with Gasteiger partial charge in [0.2, 0.25) is 0 Å². The van der Waals surface area contributed by atoms with Crippen LogP contribution in [0.4, 0.5) is 0 Å². The Kier molecular flexibility index (Phi) is 6.42. The van der Waals surface area contributed by atoms with E-state index in [2.05, 4.69) is 20.8 Å². The van der Waals surface area contributed by atoms with Crippen molar-refractivity contribution >= 4 is 29.4 Å². The fraction of sp³-hybridized carbons (Fsp3) is 0.542. The van der Waals surface area contributed by atoms with Gasteiger partial charge in [-0.15, -0.1) is 0 Å². The van der Waals surface area contributed by atoms with Crippen LogP contribution in [-0.4, -0.2) is 42.4 Å².